The van der Waals surface area contributed by atoms with Crippen LogP contribution in [0.3, 0.4) is 0 Å². The minimum atomic E-state index is -0.355. The molecular weight excluding hydrogens is 430 g/mol. The maximum absolute atomic E-state index is 9.18. The fraction of sp³-hybridized carbons (Fsp3) is 0.364. The van der Waals surface area contributed by atoms with Gasteiger partial charge in [0.25, 0.3) is 0 Å². The molecule has 0 saturated heterocycles. The van der Waals surface area contributed by atoms with Crippen LogP contribution in [-0.4, -0.2) is 43.8 Å². The molecule has 0 aliphatic carbocycles. The van der Waals surface area contributed by atoms with E-state index in [1.807, 2.05) is 29.8 Å². The fourth-order valence-electron chi connectivity index (χ4n) is 3.77. The molecule has 1 atom stereocenters. The van der Waals surface area contributed by atoms with Crippen LogP contribution in [0.2, 0.25) is 5.02 Å². The van der Waals surface area contributed by atoms with Crippen molar-refractivity contribution in [1.29, 1.82) is 0 Å². The molecule has 3 heterocycles. The predicted molar refractivity (Wildman–Crippen MR) is 125 cm³/mol. The molecule has 0 aliphatic heterocycles. The van der Waals surface area contributed by atoms with Crippen molar-refractivity contribution in [3.05, 3.63) is 46.9 Å². The zero-order chi connectivity index (χ0) is 22.7. The second kappa shape index (κ2) is 9.64. The minimum Gasteiger partial charge on any atom is -0.495 e. The molecule has 1 unspecified atom stereocenters. The van der Waals surface area contributed by atoms with Gasteiger partial charge in [-0.1, -0.05) is 17.7 Å². The standard InChI is InChI=1S/C22H26ClN7O2/c1-3-30-22-15(12-27-30)19-14(11-26-22)20(17(24)5-4-8-31)28-29-21(19)25-10-13-6-7-18(32-2)16(23)9-13/h6-7,9,11-12,17,31H,3-5,8,10,24H2,1-2H3,(H,25,29). The molecule has 10 heteroatoms. The Hall–Kier alpha value is -3.01. The van der Waals surface area contributed by atoms with E-state index in [0.29, 0.717) is 48.2 Å². The van der Waals surface area contributed by atoms with Gasteiger partial charge < -0.3 is 20.9 Å². The lowest BCUT2D eigenvalue weighted by molar-refractivity contribution is 0.279. The van der Waals surface area contributed by atoms with Gasteiger partial charge in [-0.05, 0) is 37.5 Å². The van der Waals surface area contributed by atoms with Gasteiger partial charge >= 0.3 is 0 Å². The van der Waals surface area contributed by atoms with Gasteiger partial charge in [0.2, 0.25) is 0 Å². The zero-order valence-corrected chi connectivity index (χ0v) is 18.8. The predicted octanol–water partition coefficient (Wildman–Crippen LogP) is 3.44. The Balaban J connectivity index is 1.77. The Bertz CT molecular complexity index is 1240. The number of nitrogens with two attached hydrogens (primary N) is 1. The van der Waals surface area contributed by atoms with Crippen LogP contribution in [0, 0.1) is 0 Å². The number of hydrogen-bond donors (Lipinski definition) is 3. The topological polar surface area (TPSA) is 124 Å². The number of halogens is 1. The van der Waals surface area contributed by atoms with Crippen LogP contribution in [-0.2, 0) is 13.1 Å². The average molecular weight is 456 g/mol. The molecule has 9 nitrogen and oxygen atoms in total. The first-order valence-corrected chi connectivity index (χ1v) is 10.9. The molecule has 0 fully saturated rings. The van der Waals surface area contributed by atoms with Crippen molar-refractivity contribution in [3.63, 3.8) is 0 Å². The number of anilines is 1. The molecule has 0 spiro atoms. The molecule has 0 amide bonds. The van der Waals surface area contributed by atoms with Gasteiger partial charge in [-0.3, -0.25) is 0 Å². The molecule has 4 aromatic rings. The number of aliphatic hydroxyl groups excluding tert-OH is 1. The number of methoxy groups -OCH3 is 1. The van der Waals surface area contributed by atoms with Gasteiger partial charge in [-0.25, -0.2) is 9.67 Å². The third kappa shape index (κ3) is 4.19. The summed E-state index contributed by atoms with van der Waals surface area (Å²) in [6.45, 7) is 3.30. The largest absolute Gasteiger partial charge is 0.495 e. The lowest BCUT2D eigenvalue weighted by Crippen LogP contribution is -2.15. The van der Waals surface area contributed by atoms with Gasteiger partial charge in [-0.15, -0.1) is 5.10 Å². The van der Waals surface area contributed by atoms with Crippen molar-refractivity contribution < 1.29 is 9.84 Å². The summed E-state index contributed by atoms with van der Waals surface area (Å²) < 4.78 is 7.07. The number of aliphatic hydroxyl groups is 1. The zero-order valence-electron chi connectivity index (χ0n) is 18.0. The number of benzene rings is 1. The van der Waals surface area contributed by atoms with E-state index < -0.39 is 0 Å². The highest BCUT2D eigenvalue weighted by Gasteiger charge is 2.19. The Morgan fingerprint density at radius 2 is 2.09 bits per heavy atom. The van der Waals surface area contributed by atoms with E-state index in [1.165, 1.54) is 0 Å². The van der Waals surface area contributed by atoms with Crippen molar-refractivity contribution in [2.75, 3.05) is 19.0 Å². The summed E-state index contributed by atoms with van der Waals surface area (Å²) in [6.07, 6.45) is 4.77. The number of nitrogens with zero attached hydrogens (tertiary/aromatic N) is 5. The summed E-state index contributed by atoms with van der Waals surface area (Å²) in [7, 11) is 1.59. The summed E-state index contributed by atoms with van der Waals surface area (Å²) in [5.74, 6) is 1.25. The van der Waals surface area contributed by atoms with Crippen LogP contribution >= 0.6 is 11.6 Å². The van der Waals surface area contributed by atoms with Gasteiger partial charge in [0.15, 0.2) is 11.5 Å². The lowest BCUT2D eigenvalue weighted by Gasteiger charge is -2.16. The van der Waals surface area contributed by atoms with Crippen molar-refractivity contribution in [3.8, 4) is 5.75 Å². The number of nitrogens with one attached hydrogen (secondary N) is 1. The smallest absolute Gasteiger partial charge is 0.158 e. The molecule has 3 aromatic heterocycles. The Labute approximate surface area is 190 Å². The molecule has 0 saturated carbocycles. The van der Waals surface area contributed by atoms with E-state index in [1.54, 1.807) is 19.5 Å². The van der Waals surface area contributed by atoms with E-state index >= 15 is 0 Å². The highest BCUT2D eigenvalue weighted by Crippen LogP contribution is 2.33. The summed E-state index contributed by atoms with van der Waals surface area (Å²) in [4.78, 5) is 4.62. The molecule has 4 N–H and O–H groups in total. The van der Waals surface area contributed by atoms with Crippen molar-refractivity contribution >= 4 is 39.2 Å². The summed E-state index contributed by atoms with van der Waals surface area (Å²) in [6, 6.07) is 5.28. The first-order chi connectivity index (χ1) is 15.6. The summed E-state index contributed by atoms with van der Waals surface area (Å²) in [5, 5.41) is 29.0. The number of rotatable bonds is 9. The highest BCUT2D eigenvalue weighted by atomic mass is 35.5. The van der Waals surface area contributed by atoms with Gasteiger partial charge in [0, 0.05) is 42.7 Å². The Kier molecular flexibility index (Phi) is 6.69. The average Bonchev–Trinajstić information content (AvgIpc) is 3.24. The van der Waals surface area contributed by atoms with E-state index in [2.05, 4.69) is 25.6 Å². The Morgan fingerprint density at radius 1 is 1.25 bits per heavy atom. The molecule has 0 radical (unpaired) electrons. The first kappa shape index (κ1) is 22.2. The molecule has 0 aliphatic rings. The number of aromatic nitrogens is 5. The molecule has 32 heavy (non-hydrogen) atoms. The van der Waals surface area contributed by atoms with Crippen LogP contribution < -0.4 is 15.8 Å². The van der Waals surface area contributed by atoms with E-state index in [-0.39, 0.29) is 12.6 Å². The van der Waals surface area contributed by atoms with Crippen molar-refractivity contribution in [1.82, 2.24) is 25.0 Å². The number of pyridine rings is 1. The first-order valence-electron chi connectivity index (χ1n) is 10.5. The molecule has 4 rings (SSSR count). The van der Waals surface area contributed by atoms with Crippen LogP contribution in [0.15, 0.2) is 30.6 Å². The summed E-state index contributed by atoms with van der Waals surface area (Å²) in [5.41, 5.74) is 8.78. The minimum absolute atomic E-state index is 0.0783. The molecular formula is C22H26ClN7O2. The van der Waals surface area contributed by atoms with E-state index in [4.69, 9.17) is 22.1 Å². The van der Waals surface area contributed by atoms with Crippen LogP contribution in [0.1, 0.15) is 37.1 Å². The fourth-order valence-corrected chi connectivity index (χ4v) is 4.05. The quantitative estimate of drug-likeness (QED) is 0.350. The molecule has 168 valence electrons. The monoisotopic (exact) mass is 455 g/mol. The van der Waals surface area contributed by atoms with E-state index in [9.17, 15) is 5.11 Å². The van der Waals surface area contributed by atoms with E-state index in [0.717, 1.165) is 27.4 Å². The highest BCUT2D eigenvalue weighted by molar-refractivity contribution is 6.32. The van der Waals surface area contributed by atoms with Crippen LogP contribution in [0.5, 0.6) is 5.75 Å². The third-order valence-electron chi connectivity index (χ3n) is 5.44. The maximum atomic E-state index is 9.18. The van der Waals surface area contributed by atoms with Crippen LogP contribution in [0.25, 0.3) is 21.8 Å². The van der Waals surface area contributed by atoms with Gasteiger partial charge in [0.1, 0.15) is 5.75 Å². The lowest BCUT2D eigenvalue weighted by atomic mass is 10.0. The number of hydrogen-bond acceptors (Lipinski definition) is 8. The second-order valence-electron chi connectivity index (χ2n) is 7.47. The third-order valence-corrected chi connectivity index (χ3v) is 5.73. The van der Waals surface area contributed by atoms with Gasteiger partial charge in [-0.2, -0.15) is 10.2 Å². The second-order valence-corrected chi connectivity index (χ2v) is 7.88. The number of fused-ring (bicyclic) bond motifs is 3. The SMILES string of the molecule is CCn1ncc2c3c(NCc4ccc(OC)c(Cl)c4)nnc(C(N)CCCO)c3cnc21. The Morgan fingerprint density at radius 3 is 2.81 bits per heavy atom. The normalized spacial score (nSPS) is 12.4. The van der Waals surface area contributed by atoms with Gasteiger partial charge in [0.05, 0.1) is 29.4 Å². The number of ether oxygens (including phenoxy) is 1. The summed E-state index contributed by atoms with van der Waals surface area (Å²) >= 11 is 6.27. The van der Waals surface area contributed by atoms with Crippen molar-refractivity contribution in [2.24, 2.45) is 5.73 Å². The molecule has 0 bridgehead atoms. The van der Waals surface area contributed by atoms with Crippen molar-refractivity contribution in [2.45, 2.75) is 38.9 Å². The van der Waals surface area contributed by atoms with Crippen LogP contribution in [0.4, 0.5) is 5.82 Å². The number of aryl methyl sites for hydroxylation is 1. The molecule has 1 aromatic carbocycles. The maximum Gasteiger partial charge on any atom is 0.158 e.